The van der Waals surface area contributed by atoms with Crippen LogP contribution in [0.25, 0.3) is 10.2 Å². The number of carbonyl (C=O) groups is 2. The second-order valence-corrected chi connectivity index (χ2v) is 7.52. The Morgan fingerprint density at radius 1 is 1.07 bits per heavy atom. The molecule has 152 valence electrons. The van der Waals surface area contributed by atoms with Crippen molar-refractivity contribution in [2.75, 3.05) is 13.2 Å². The lowest BCUT2D eigenvalue weighted by Gasteiger charge is -2.05. The summed E-state index contributed by atoms with van der Waals surface area (Å²) in [5.74, 6) is 0.149. The standard InChI is InChI=1S/C22H24N2O4S/c1-4-27-17-9-7-16(8-10-17)13-20(25)23-22-24(14-21(26)28-5-2)18-11-6-15(3)12-19(18)29-22/h6-12H,4-5,13-14H2,1-3H3. The van der Waals surface area contributed by atoms with Crippen LogP contribution in [0.4, 0.5) is 0 Å². The molecule has 0 N–H and O–H groups in total. The van der Waals surface area contributed by atoms with Crippen LogP contribution in [0.5, 0.6) is 5.75 Å². The van der Waals surface area contributed by atoms with Gasteiger partial charge in [-0.25, -0.2) is 0 Å². The van der Waals surface area contributed by atoms with Gasteiger partial charge in [0.25, 0.3) is 5.91 Å². The highest BCUT2D eigenvalue weighted by molar-refractivity contribution is 7.16. The van der Waals surface area contributed by atoms with Crippen LogP contribution < -0.4 is 9.54 Å². The largest absolute Gasteiger partial charge is 0.494 e. The predicted molar refractivity (Wildman–Crippen MR) is 113 cm³/mol. The second kappa shape index (κ2) is 9.52. The number of ether oxygens (including phenoxy) is 2. The SMILES string of the molecule is CCOC(=O)Cn1c(=NC(=O)Cc2ccc(OCC)cc2)sc2cc(C)ccc21. The smallest absolute Gasteiger partial charge is 0.326 e. The number of aryl methyl sites for hydroxylation is 1. The Morgan fingerprint density at radius 2 is 1.83 bits per heavy atom. The molecule has 3 rings (SSSR count). The van der Waals surface area contributed by atoms with Crippen LogP contribution in [-0.4, -0.2) is 29.7 Å². The first-order valence-electron chi connectivity index (χ1n) is 9.55. The maximum absolute atomic E-state index is 12.6. The number of fused-ring (bicyclic) bond motifs is 1. The van der Waals surface area contributed by atoms with E-state index in [2.05, 4.69) is 4.99 Å². The van der Waals surface area contributed by atoms with Crippen LogP contribution >= 0.6 is 11.3 Å². The first kappa shape index (κ1) is 20.8. The Kier molecular flexibility index (Phi) is 6.82. The number of rotatable bonds is 7. The number of thiazole rings is 1. The van der Waals surface area contributed by atoms with E-state index in [1.165, 1.54) is 11.3 Å². The fraction of sp³-hybridized carbons (Fsp3) is 0.318. The number of nitrogens with zero attached hydrogens (tertiary/aromatic N) is 2. The highest BCUT2D eigenvalue weighted by atomic mass is 32.1. The summed E-state index contributed by atoms with van der Waals surface area (Å²) >= 11 is 1.39. The van der Waals surface area contributed by atoms with E-state index in [-0.39, 0.29) is 24.8 Å². The quantitative estimate of drug-likeness (QED) is 0.556. The van der Waals surface area contributed by atoms with E-state index in [1.54, 1.807) is 11.5 Å². The minimum atomic E-state index is -0.354. The third-order valence-electron chi connectivity index (χ3n) is 4.24. The van der Waals surface area contributed by atoms with E-state index in [0.29, 0.717) is 18.0 Å². The Bertz CT molecular complexity index is 1080. The zero-order valence-corrected chi connectivity index (χ0v) is 17.6. The molecule has 3 aromatic rings. The maximum atomic E-state index is 12.6. The van der Waals surface area contributed by atoms with Gasteiger partial charge in [-0.15, -0.1) is 0 Å². The minimum Gasteiger partial charge on any atom is -0.494 e. The molecule has 0 saturated heterocycles. The molecule has 0 unspecified atom stereocenters. The van der Waals surface area contributed by atoms with Crippen molar-refractivity contribution in [1.82, 2.24) is 4.57 Å². The number of hydrogen-bond acceptors (Lipinski definition) is 5. The van der Waals surface area contributed by atoms with Crippen molar-refractivity contribution in [3.05, 3.63) is 58.4 Å². The van der Waals surface area contributed by atoms with Crippen molar-refractivity contribution in [3.8, 4) is 5.75 Å². The first-order chi connectivity index (χ1) is 14.0. The van der Waals surface area contributed by atoms with E-state index in [1.807, 2.05) is 56.3 Å². The van der Waals surface area contributed by atoms with Gasteiger partial charge in [-0.05, 0) is 56.2 Å². The van der Waals surface area contributed by atoms with Crippen molar-refractivity contribution >= 4 is 33.4 Å². The number of carbonyl (C=O) groups excluding carboxylic acids is 2. The molecule has 0 bridgehead atoms. The molecule has 0 aliphatic rings. The molecule has 29 heavy (non-hydrogen) atoms. The maximum Gasteiger partial charge on any atom is 0.326 e. The molecule has 0 spiro atoms. The molecule has 0 atom stereocenters. The van der Waals surface area contributed by atoms with Gasteiger partial charge in [0, 0.05) is 0 Å². The van der Waals surface area contributed by atoms with Gasteiger partial charge in [0.1, 0.15) is 12.3 Å². The Morgan fingerprint density at radius 3 is 2.52 bits per heavy atom. The summed E-state index contributed by atoms with van der Waals surface area (Å²) in [4.78, 5) is 29.4. The van der Waals surface area contributed by atoms with Gasteiger partial charge in [-0.1, -0.05) is 29.5 Å². The third-order valence-corrected chi connectivity index (χ3v) is 5.28. The number of hydrogen-bond donors (Lipinski definition) is 0. The number of benzene rings is 2. The molecule has 0 saturated carbocycles. The highest BCUT2D eigenvalue weighted by Crippen LogP contribution is 2.19. The average Bonchev–Trinajstić information content (AvgIpc) is 2.99. The van der Waals surface area contributed by atoms with Gasteiger partial charge in [0.15, 0.2) is 4.80 Å². The van der Waals surface area contributed by atoms with Crippen LogP contribution in [0.2, 0.25) is 0 Å². The van der Waals surface area contributed by atoms with Gasteiger partial charge in [-0.2, -0.15) is 4.99 Å². The van der Waals surface area contributed by atoms with Gasteiger partial charge in [0.05, 0.1) is 29.9 Å². The fourth-order valence-electron chi connectivity index (χ4n) is 2.95. The predicted octanol–water partition coefficient (Wildman–Crippen LogP) is 3.64. The summed E-state index contributed by atoms with van der Waals surface area (Å²) in [6.45, 7) is 6.62. The molecule has 0 fully saturated rings. The number of esters is 1. The molecule has 7 heteroatoms. The molecular weight excluding hydrogens is 388 g/mol. The first-order valence-corrected chi connectivity index (χ1v) is 10.4. The molecule has 1 aromatic heterocycles. The van der Waals surface area contributed by atoms with Crippen molar-refractivity contribution in [2.45, 2.75) is 33.7 Å². The zero-order valence-electron chi connectivity index (χ0n) is 16.8. The van der Waals surface area contributed by atoms with Crippen molar-refractivity contribution < 1.29 is 19.1 Å². The second-order valence-electron chi connectivity index (χ2n) is 6.51. The van der Waals surface area contributed by atoms with Gasteiger partial charge >= 0.3 is 5.97 Å². The van der Waals surface area contributed by atoms with Crippen molar-refractivity contribution in [3.63, 3.8) is 0 Å². The van der Waals surface area contributed by atoms with E-state index < -0.39 is 0 Å². The fourth-order valence-corrected chi connectivity index (χ4v) is 4.09. The lowest BCUT2D eigenvalue weighted by atomic mass is 10.1. The third kappa shape index (κ3) is 5.32. The summed E-state index contributed by atoms with van der Waals surface area (Å²) in [5.41, 5.74) is 2.83. The van der Waals surface area contributed by atoms with Crippen molar-refractivity contribution in [2.24, 2.45) is 4.99 Å². The molecule has 6 nitrogen and oxygen atoms in total. The summed E-state index contributed by atoms with van der Waals surface area (Å²) in [7, 11) is 0. The molecule has 0 radical (unpaired) electrons. The van der Waals surface area contributed by atoms with E-state index in [0.717, 1.165) is 27.1 Å². The molecule has 0 aliphatic heterocycles. The molecule has 1 heterocycles. The minimum absolute atomic E-state index is 0.0199. The van der Waals surface area contributed by atoms with E-state index in [9.17, 15) is 9.59 Å². The normalized spacial score (nSPS) is 11.6. The number of aromatic nitrogens is 1. The molecule has 0 aliphatic carbocycles. The Balaban J connectivity index is 1.90. The topological polar surface area (TPSA) is 69.9 Å². The highest BCUT2D eigenvalue weighted by Gasteiger charge is 2.12. The Hall–Kier alpha value is -2.93. The van der Waals surface area contributed by atoms with E-state index >= 15 is 0 Å². The Labute approximate surface area is 173 Å². The van der Waals surface area contributed by atoms with Crippen LogP contribution in [0, 0.1) is 6.92 Å². The molecule has 1 amide bonds. The molecular formula is C22H24N2O4S. The monoisotopic (exact) mass is 412 g/mol. The summed E-state index contributed by atoms with van der Waals surface area (Å²) in [6.07, 6.45) is 0.180. The lowest BCUT2D eigenvalue weighted by Crippen LogP contribution is -2.23. The summed E-state index contributed by atoms with van der Waals surface area (Å²) in [6, 6.07) is 13.3. The number of amides is 1. The van der Waals surface area contributed by atoms with Crippen LogP contribution in [-0.2, 0) is 27.3 Å². The van der Waals surface area contributed by atoms with Crippen LogP contribution in [0.3, 0.4) is 0 Å². The zero-order chi connectivity index (χ0) is 20.8. The van der Waals surface area contributed by atoms with Gasteiger partial charge in [-0.3, -0.25) is 9.59 Å². The average molecular weight is 413 g/mol. The van der Waals surface area contributed by atoms with E-state index in [4.69, 9.17) is 9.47 Å². The van der Waals surface area contributed by atoms with Crippen molar-refractivity contribution in [1.29, 1.82) is 0 Å². The van der Waals surface area contributed by atoms with Crippen LogP contribution in [0.15, 0.2) is 47.5 Å². The van der Waals surface area contributed by atoms with Crippen LogP contribution in [0.1, 0.15) is 25.0 Å². The van der Waals surface area contributed by atoms with Gasteiger partial charge in [0.2, 0.25) is 0 Å². The summed E-state index contributed by atoms with van der Waals surface area (Å²) < 4.78 is 13.2. The van der Waals surface area contributed by atoms with Gasteiger partial charge < -0.3 is 14.0 Å². The lowest BCUT2D eigenvalue weighted by molar-refractivity contribution is -0.143. The molecule has 2 aromatic carbocycles. The summed E-state index contributed by atoms with van der Waals surface area (Å²) in [5, 5.41) is 0.